The van der Waals surface area contributed by atoms with E-state index in [1.54, 1.807) is 0 Å². The van der Waals surface area contributed by atoms with Gasteiger partial charge in [0.1, 0.15) is 0 Å². The average molecular weight is 254 g/mol. The van der Waals surface area contributed by atoms with Gasteiger partial charge in [0.2, 0.25) is 5.91 Å². The zero-order valence-corrected chi connectivity index (χ0v) is 10.5. The number of carbonyl (C=O) groups is 2. The van der Waals surface area contributed by atoms with Crippen LogP contribution in [0.3, 0.4) is 0 Å². The van der Waals surface area contributed by atoms with E-state index in [0.29, 0.717) is 19.4 Å². The van der Waals surface area contributed by atoms with E-state index in [2.05, 4.69) is 5.32 Å². The molecule has 0 radical (unpaired) electrons. The molecule has 2 rings (SSSR count). The number of nitrogens with one attached hydrogen (secondary N) is 1. The van der Waals surface area contributed by atoms with Crippen molar-refractivity contribution in [3.05, 3.63) is 0 Å². The lowest BCUT2D eigenvalue weighted by Crippen LogP contribution is -2.45. The van der Waals surface area contributed by atoms with Gasteiger partial charge in [-0.05, 0) is 25.7 Å². The lowest BCUT2D eigenvalue weighted by molar-refractivity contribution is -0.314. The molecule has 0 unspecified atom stereocenters. The summed E-state index contributed by atoms with van der Waals surface area (Å²) < 4.78 is 5.42. The summed E-state index contributed by atoms with van der Waals surface area (Å²) in [6.07, 6.45) is 5.09. The Morgan fingerprint density at radius 3 is 2.44 bits per heavy atom. The summed E-state index contributed by atoms with van der Waals surface area (Å²) in [5.41, 5.74) is 0. The Morgan fingerprint density at radius 1 is 1.11 bits per heavy atom. The topological polar surface area (TPSA) is 78.5 Å². The lowest BCUT2D eigenvalue weighted by atomic mass is 9.78. The van der Waals surface area contributed by atoms with Gasteiger partial charge in [-0.1, -0.05) is 12.8 Å². The van der Waals surface area contributed by atoms with Crippen molar-refractivity contribution in [2.24, 2.45) is 11.8 Å². The molecule has 2 fully saturated rings. The van der Waals surface area contributed by atoms with E-state index in [4.69, 9.17) is 4.74 Å². The van der Waals surface area contributed by atoms with Gasteiger partial charge >= 0.3 is 0 Å². The van der Waals surface area contributed by atoms with Crippen molar-refractivity contribution in [1.82, 2.24) is 5.32 Å². The summed E-state index contributed by atoms with van der Waals surface area (Å²) >= 11 is 0. The fourth-order valence-electron chi connectivity index (χ4n) is 2.88. The molecule has 2 aliphatic rings. The Labute approximate surface area is 107 Å². The molecule has 102 valence electrons. The highest BCUT2D eigenvalue weighted by Crippen LogP contribution is 2.29. The molecule has 0 bridgehead atoms. The summed E-state index contributed by atoms with van der Waals surface area (Å²) in [7, 11) is 0. The first kappa shape index (κ1) is 13.3. The molecule has 0 aromatic carbocycles. The van der Waals surface area contributed by atoms with Crippen LogP contribution in [0.5, 0.6) is 0 Å². The van der Waals surface area contributed by atoms with Crippen LogP contribution in [0.1, 0.15) is 38.5 Å². The van der Waals surface area contributed by atoms with E-state index in [1.807, 2.05) is 0 Å². The number of hydrogen-bond acceptors (Lipinski definition) is 4. The first-order valence-electron chi connectivity index (χ1n) is 6.78. The van der Waals surface area contributed by atoms with Crippen molar-refractivity contribution >= 4 is 11.9 Å². The zero-order valence-electron chi connectivity index (χ0n) is 10.5. The average Bonchev–Trinajstić information content (AvgIpc) is 2.89. The second-order valence-corrected chi connectivity index (χ2v) is 5.20. The standard InChI is InChI=1S/C13H21NO4/c15-12(14-8-9-4-3-7-18-9)10-5-1-2-6-11(10)13(16)17/h9-11H,1-8H2,(H,14,15)(H,16,17)/p-1/t9-,10-,11-/m0/s1. The maximum Gasteiger partial charge on any atom is 0.223 e. The Hall–Kier alpha value is -1.10. The third-order valence-electron chi connectivity index (χ3n) is 3.93. The van der Waals surface area contributed by atoms with Crippen LogP contribution in [-0.4, -0.2) is 31.1 Å². The second-order valence-electron chi connectivity index (χ2n) is 5.20. The number of carbonyl (C=O) groups excluding carboxylic acids is 2. The van der Waals surface area contributed by atoms with Crippen molar-refractivity contribution in [2.45, 2.75) is 44.6 Å². The Bertz CT molecular complexity index is 312. The van der Waals surface area contributed by atoms with Crippen LogP contribution in [0, 0.1) is 11.8 Å². The highest BCUT2D eigenvalue weighted by atomic mass is 16.5. The van der Waals surface area contributed by atoms with Crippen LogP contribution in [0.2, 0.25) is 0 Å². The second kappa shape index (κ2) is 6.18. The van der Waals surface area contributed by atoms with E-state index < -0.39 is 17.8 Å². The molecule has 0 aromatic heterocycles. The summed E-state index contributed by atoms with van der Waals surface area (Å²) in [4.78, 5) is 23.0. The molecule has 0 aromatic rings. The number of ether oxygens (including phenoxy) is 1. The predicted octanol–water partition coefficient (Wildman–Crippen LogP) is -0.162. The molecule has 5 heteroatoms. The third kappa shape index (κ3) is 3.22. The molecule has 1 amide bonds. The van der Waals surface area contributed by atoms with E-state index in [0.717, 1.165) is 32.3 Å². The monoisotopic (exact) mass is 254 g/mol. The molecule has 1 aliphatic carbocycles. The molecule has 0 spiro atoms. The van der Waals surface area contributed by atoms with Crippen molar-refractivity contribution in [1.29, 1.82) is 0 Å². The molecule has 1 aliphatic heterocycles. The van der Waals surface area contributed by atoms with Crippen LogP contribution < -0.4 is 10.4 Å². The minimum Gasteiger partial charge on any atom is -0.550 e. The van der Waals surface area contributed by atoms with Crippen molar-refractivity contribution in [3.8, 4) is 0 Å². The fraction of sp³-hybridized carbons (Fsp3) is 0.846. The molecule has 3 atom stereocenters. The van der Waals surface area contributed by atoms with Crippen LogP contribution in [0.25, 0.3) is 0 Å². The van der Waals surface area contributed by atoms with E-state index >= 15 is 0 Å². The summed E-state index contributed by atoms with van der Waals surface area (Å²) in [6.45, 7) is 1.25. The summed E-state index contributed by atoms with van der Waals surface area (Å²) in [6, 6.07) is 0. The number of carboxylic acids is 1. The van der Waals surface area contributed by atoms with Crippen molar-refractivity contribution < 1.29 is 19.4 Å². The summed E-state index contributed by atoms with van der Waals surface area (Å²) in [5.74, 6) is -2.29. The molecular weight excluding hydrogens is 234 g/mol. The molecule has 1 heterocycles. The normalized spacial score (nSPS) is 32.1. The molecule has 18 heavy (non-hydrogen) atoms. The van der Waals surface area contributed by atoms with Crippen molar-refractivity contribution in [2.75, 3.05) is 13.2 Å². The largest absolute Gasteiger partial charge is 0.550 e. The Kier molecular flexibility index (Phi) is 4.58. The number of aliphatic carboxylic acids is 1. The molecule has 5 nitrogen and oxygen atoms in total. The smallest absolute Gasteiger partial charge is 0.223 e. The Morgan fingerprint density at radius 2 is 1.83 bits per heavy atom. The zero-order chi connectivity index (χ0) is 13.0. The van der Waals surface area contributed by atoms with Gasteiger partial charge in [0, 0.05) is 31.0 Å². The molecule has 1 saturated heterocycles. The number of carboxylic acid groups (broad SMARTS) is 1. The van der Waals surface area contributed by atoms with E-state index in [9.17, 15) is 14.7 Å². The SMILES string of the molecule is O=C([O-])[C@H]1CCCC[C@@H]1C(=O)NC[C@@H]1CCCO1. The van der Waals surface area contributed by atoms with Gasteiger partial charge in [-0.25, -0.2) is 0 Å². The van der Waals surface area contributed by atoms with Gasteiger partial charge in [0.25, 0.3) is 0 Å². The quantitative estimate of drug-likeness (QED) is 0.756. The predicted molar refractivity (Wildman–Crippen MR) is 62.4 cm³/mol. The minimum absolute atomic E-state index is 0.0962. The number of rotatable bonds is 4. The first-order chi connectivity index (χ1) is 8.68. The first-order valence-corrected chi connectivity index (χ1v) is 6.78. The van der Waals surface area contributed by atoms with Gasteiger partial charge < -0.3 is 20.0 Å². The van der Waals surface area contributed by atoms with Crippen LogP contribution in [-0.2, 0) is 14.3 Å². The lowest BCUT2D eigenvalue weighted by Gasteiger charge is -2.31. The van der Waals surface area contributed by atoms with Crippen LogP contribution in [0.4, 0.5) is 0 Å². The fourth-order valence-corrected chi connectivity index (χ4v) is 2.88. The van der Waals surface area contributed by atoms with Gasteiger partial charge in [0.15, 0.2) is 0 Å². The number of amides is 1. The van der Waals surface area contributed by atoms with Crippen molar-refractivity contribution in [3.63, 3.8) is 0 Å². The highest BCUT2D eigenvalue weighted by molar-refractivity contribution is 5.84. The maximum absolute atomic E-state index is 12.0. The van der Waals surface area contributed by atoms with Gasteiger partial charge in [-0.3, -0.25) is 4.79 Å². The third-order valence-corrected chi connectivity index (χ3v) is 3.93. The van der Waals surface area contributed by atoms with Gasteiger partial charge in [-0.2, -0.15) is 0 Å². The van der Waals surface area contributed by atoms with Gasteiger partial charge in [-0.15, -0.1) is 0 Å². The highest BCUT2D eigenvalue weighted by Gasteiger charge is 2.32. The molecule has 1 saturated carbocycles. The maximum atomic E-state index is 12.0. The van der Waals surface area contributed by atoms with E-state index in [1.165, 1.54) is 0 Å². The minimum atomic E-state index is -1.09. The summed E-state index contributed by atoms with van der Waals surface area (Å²) in [5, 5.41) is 13.8. The van der Waals surface area contributed by atoms with Crippen LogP contribution in [0.15, 0.2) is 0 Å². The molecule has 1 N–H and O–H groups in total. The Balaban J connectivity index is 1.83. The molecular formula is C13H20NO4-. The van der Waals surface area contributed by atoms with Gasteiger partial charge in [0.05, 0.1) is 6.10 Å². The number of hydrogen-bond donors (Lipinski definition) is 1. The van der Waals surface area contributed by atoms with Crippen LogP contribution >= 0.6 is 0 Å². The van der Waals surface area contributed by atoms with E-state index in [-0.39, 0.29) is 12.0 Å².